The Morgan fingerprint density at radius 3 is 2.20 bits per heavy atom. The molecule has 0 saturated heterocycles. The van der Waals surface area contributed by atoms with Crippen molar-refractivity contribution in [3.63, 3.8) is 0 Å². The minimum atomic E-state index is -3.93. The number of amides is 2. The third-order valence-corrected chi connectivity index (χ3v) is 7.18. The molecule has 0 bridgehead atoms. The summed E-state index contributed by atoms with van der Waals surface area (Å²) in [6.07, 6.45) is 1.95. The molecule has 2 atom stereocenters. The van der Waals surface area contributed by atoms with Gasteiger partial charge in [-0.25, -0.2) is 12.8 Å². The van der Waals surface area contributed by atoms with Gasteiger partial charge in [-0.3, -0.25) is 13.9 Å². The molecule has 0 fully saturated rings. The van der Waals surface area contributed by atoms with Crippen molar-refractivity contribution < 1.29 is 22.4 Å². The highest BCUT2D eigenvalue weighted by Crippen LogP contribution is 2.30. The lowest BCUT2D eigenvalue weighted by Gasteiger charge is -2.33. The SMILES string of the molecule is CC[C@H](C)NC(=O)[C@H](CC)N(Cc1ccc(F)cc1)C(=O)CN(c1ccc(Cl)cc1Cl)S(C)(=O)=O. The van der Waals surface area contributed by atoms with E-state index in [9.17, 15) is 22.4 Å². The molecule has 0 saturated carbocycles. The van der Waals surface area contributed by atoms with E-state index in [-0.39, 0.29) is 35.6 Å². The Morgan fingerprint density at radius 1 is 1.06 bits per heavy atom. The summed E-state index contributed by atoms with van der Waals surface area (Å²) in [4.78, 5) is 27.9. The normalized spacial score (nSPS) is 13.1. The average molecular weight is 546 g/mol. The molecule has 11 heteroatoms. The maximum atomic E-state index is 13.6. The fourth-order valence-corrected chi connectivity index (χ4v) is 4.85. The van der Waals surface area contributed by atoms with Crippen molar-refractivity contribution in [3.05, 3.63) is 63.9 Å². The number of carbonyl (C=O) groups is 2. The van der Waals surface area contributed by atoms with E-state index in [1.54, 1.807) is 6.92 Å². The Labute approximate surface area is 216 Å². The third kappa shape index (κ3) is 8.08. The predicted molar refractivity (Wildman–Crippen MR) is 138 cm³/mol. The zero-order chi connectivity index (χ0) is 26.3. The first kappa shape index (κ1) is 28.9. The molecule has 0 aromatic heterocycles. The highest BCUT2D eigenvalue weighted by atomic mass is 35.5. The number of halogens is 3. The van der Waals surface area contributed by atoms with Crippen molar-refractivity contribution in [2.75, 3.05) is 17.1 Å². The van der Waals surface area contributed by atoms with Crippen LogP contribution >= 0.6 is 23.2 Å². The topological polar surface area (TPSA) is 86.8 Å². The van der Waals surface area contributed by atoms with Gasteiger partial charge in [0.2, 0.25) is 21.8 Å². The van der Waals surface area contributed by atoms with E-state index in [1.807, 2.05) is 13.8 Å². The standard InChI is InChI=1S/C24H30Cl2FN3O4S/c1-5-16(3)28-24(32)21(6-2)29(14-17-7-10-19(27)11-8-17)23(31)15-30(35(4,33)34)22-12-9-18(25)13-20(22)26/h7-13,16,21H,5-6,14-15H2,1-4H3,(H,28,32)/t16-,21-/m0/s1. The van der Waals surface area contributed by atoms with E-state index in [1.165, 1.54) is 47.4 Å². The number of nitrogens with one attached hydrogen (secondary N) is 1. The van der Waals surface area contributed by atoms with E-state index >= 15 is 0 Å². The second kappa shape index (κ2) is 12.6. The van der Waals surface area contributed by atoms with Gasteiger partial charge in [0, 0.05) is 17.6 Å². The first-order valence-electron chi connectivity index (χ1n) is 11.1. The molecule has 0 heterocycles. The molecule has 2 amide bonds. The molecule has 35 heavy (non-hydrogen) atoms. The van der Waals surface area contributed by atoms with Crippen LogP contribution in [0, 0.1) is 5.82 Å². The lowest BCUT2D eigenvalue weighted by atomic mass is 10.1. The van der Waals surface area contributed by atoms with Crippen LogP contribution < -0.4 is 9.62 Å². The average Bonchev–Trinajstić information content (AvgIpc) is 2.78. The molecule has 0 radical (unpaired) electrons. The molecule has 2 aromatic carbocycles. The van der Waals surface area contributed by atoms with Gasteiger partial charge in [0.05, 0.1) is 17.0 Å². The predicted octanol–water partition coefficient (Wildman–Crippen LogP) is 4.62. The summed E-state index contributed by atoms with van der Waals surface area (Å²) < 4.78 is 39.6. The maximum Gasteiger partial charge on any atom is 0.244 e. The summed E-state index contributed by atoms with van der Waals surface area (Å²) in [5, 5.41) is 3.25. The third-order valence-electron chi connectivity index (χ3n) is 5.51. The minimum absolute atomic E-state index is 0.0164. The van der Waals surface area contributed by atoms with E-state index in [2.05, 4.69) is 5.32 Å². The highest BCUT2D eigenvalue weighted by molar-refractivity contribution is 7.92. The molecule has 0 aliphatic carbocycles. The maximum absolute atomic E-state index is 13.6. The number of hydrogen-bond acceptors (Lipinski definition) is 4. The summed E-state index contributed by atoms with van der Waals surface area (Å²) >= 11 is 12.2. The first-order chi connectivity index (χ1) is 16.4. The quantitative estimate of drug-likeness (QED) is 0.446. The molecule has 0 spiro atoms. The number of rotatable bonds is 11. The van der Waals surface area contributed by atoms with Crippen molar-refractivity contribution in [2.24, 2.45) is 0 Å². The minimum Gasteiger partial charge on any atom is -0.352 e. The van der Waals surface area contributed by atoms with Crippen LogP contribution in [0.5, 0.6) is 0 Å². The second-order valence-corrected chi connectivity index (χ2v) is 11.0. The van der Waals surface area contributed by atoms with Crippen molar-refractivity contribution >= 4 is 50.7 Å². The van der Waals surface area contributed by atoms with E-state index in [0.29, 0.717) is 17.0 Å². The summed E-state index contributed by atoms with van der Waals surface area (Å²) in [6.45, 7) is 4.93. The van der Waals surface area contributed by atoms with Gasteiger partial charge in [-0.1, -0.05) is 49.2 Å². The summed E-state index contributed by atoms with van der Waals surface area (Å²) in [5.41, 5.74) is 0.677. The van der Waals surface area contributed by atoms with Crippen LogP contribution in [-0.2, 0) is 26.2 Å². The zero-order valence-electron chi connectivity index (χ0n) is 20.1. The number of nitrogens with zero attached hydrogens (tertiary/aromatic N) is 2. The lowest BCUT2D eigenvalue weighted by Crippen LogP contribution is -2.53. The highest BCUT2D eigenvalue weighted by Gasteiger charge is 2.32. The summed E-state index contributed by atoms with van der Waals surface area (Å²) in [6, 6.07) is 8.82. The van der Waals surface area contributed by atoms with Crippen molar-refractivity contribution in [1.29, 1.82) is 0 Å². The Balaban J connectivity index is 2.46. The van der Waals surface area contributed by atoms with Crippen molar-refractivity contribution in [3.8, 4) is 0 Å². The van der Waals surface area contributed by atoms with Crippen LogP contribution in [-0.4, -0.2) is 50.0 Å². The van der Waals surface area contributed by atoms with Crippen molar-refractivity contribution in [2.45, 2.75) is 52.2 Å². The fraction of sp³-hybridized carbons (Fsp3) is 0.417. The summed E-state index contributed by atoms with van der Waals surface area (Å²) in [7, 11) is -3.93. The van der Waals surface area contributed by atoms with Gasteiger partial charge in [-0.05, 0) is 55.7 Å². The van der Waals surface area contributed by atoms with Crippen LogP contribution in [0.2, 0.25) is 10.0 Å². The summed E-state index contributed by atoms with van der Waals surface area (Å²) in [5.74, 6) is -1.40. The Bertz CT molecular complexity index is 1150. The van der Waals surface area contributed by atoms with Crippen LogP contribution in [0.25, 0.3) is 0 Å². The van der Waals surface area contributed by atoms with Gasteiger partial charge in [0.1, 0.15) is 18.4 Å². The molecule has 192 valence electrons. The van der Waals surface area contributed by atoms with Gasteiger partial charge < -0.3 is 10.2 Å². The Morgan fingerprint density at radius 2 is 1.69 bits per heavy atom. The monoisotopic (exact) mass is 545 g/mol. The smallest absolute Gasteiger partial charge is 0.244 e. The van der Waals surface area contributed by atoms with E-state index in [0.717, 1.165) is 10.6 Å². The fourth-order valence-electron chi connectivity index (χ4n) is 3.43. The lowest BCUT2D eigenvalue weighted by molar-refractivity contribution is -0.140. The largest absolute Gasteiger partial charge is 0.352 e. The van der Waals surface area contributed by atoms with Gasteiger partial charge in [-0.15, -0.1) is 0 Å². The second-order valence-electron chi connectivity index (χ2n) is 8.26. The molecular formula is C24H30Cl2FN3O4S. The van der Waals surface area contributed by atoms with Crippen LogP contribution in [0.4, 0.5) is 10.1 Å². The van der Waals surface area contributed by atoms with E-state index < -0.39 is 34.3 Å². The molecule has 0 aliphatic rings. The number of hydrogen-bond donors (Lipinski definition) is 1. The number of benzene rings is 2. The number of anilines is 1. The Hall–Kier alpha value is -2.36. The van der Waals surface area contributed by atoms with Crippen LogP contribution in [0.1, 0.15) is 39.2 Å². The number of sulfonamides is 1. The molecule has 2 aromatic rings. The molecule has 7 nitrogen and oxygen atoms in total. The zero-order valence-corrected chi connectivity index (χ0v) is 22.4. The molecule has 0 aliphatic heterocycles. The van der Waals surface area contributed by atoms with Crippen LogP contribution in [0.15, 0.2) is 42.5 Å². The molecule has 0 unspecified atom stereocenters. The molecule has 2 rings (SSSR count). The molecule has 1 N–H and O–H groups in total. The molecular weight excluding hydrogens is 516 g/mol. The van der Waals surface area contributed by atoms with E-state index in [4.69, 9.17) is 23.2 Å². The van der Waals surface area contributed by atoms with Gasteiger partial charge in [-0.2, -0.15) is 0 Å². The van der Waals surface area contributed by atoms with Gasteiger partial charge in [0.15, 0.2) is 0 Å². The van der Waals surface area contributed by atoms with Crippen molar-refractivity contribution in [1.82, 2.24) is 10.2 Å². The number of carbonyl (C=O) groups excluding carboxylic acids is 2. The van der Waals surface area contributed by atoms with Gasteiger partial charge in [0.25, 0.3) is 0 Å². The van der Waals surface area contributed by atoms with Crippen LogP contribution in [0.3, 0.4) is 0 Å². The Kier molecular flexibility index (Phi) is 10.4. The van der Waals surface area contributed by atoms with Gasteiger partial charge >= 0.3 is 0 Å². The first-order valence-corrected chi connectivity index (χ1v) is 13.7.